The summed E-state index contributed by atoms with van der Waals surface area (Å²) in [6.07, 6.45) is 1.10. The van der Waals surface area contributed by atoms with Crippen LogP contribution in [0.2, 0.25) is 0 Å². The molecule has 2 heteroatoms. The highest BCUT2D eigenvalue weighted by atomic mass is 16.1. The number of benzene rings is 1. The maximum atomic E-state index is 11.4. The zero-order valence-corrected chi connectivity index (χ0v) is 8.23. The molecule has 0 spiro atoms. The van der Waals surface area contributed by atoms with Crippen molar-refractivity contribution in [3.05, 3.63) is 33.4 Å². The number of fused-ring (bicyclic) bond motifs is 3. The maximum Gasteiger partial charge on any atom is 0.167 e. The first kappa shape index (κ1) is 7.92. The third-order valence-electron chi connectivity index (χ3n) is 3.51. The van der Waals surface area contributed by atoms with Crippen molar-refractivity contribution >= 4 is 11.6 Å². The largest absolute Gasteiger partial charge is 0.294 e. The van der Waals surface area contributed by atoms with Gasteiger partial charge in [0.2, 0.25) is 0 Å². The fraction of sp³-hybridized carbons (Fsp3) is 0.333. The standard InChI is InChI=1S/C12H10O2/c1-5-6(2)12-8(4-10(12)14)7-3-9(13)11(5)7/h3-4H2,1-2H3. The molecule has 2 aliphatic carbocycles. The molecule has 0 saturated carbocycles. The number of rotatable bonds is 0. The van der Waals surface area contributed by atoms with E-state index in [9.17, 15) is 9.59 Å². The molecule has 0 heterocycles. The number of ketones is 2. The van der Waals surface area contributed by atoms with E-state index >= 15 is 0 Å². The molecule has 14 heavy (non-hydrogen) atoms. The monoisotopic (exact) mass is 186 g/mol. The van der Waals surface area contributed by atoms with E-state index in [1.54, 1.807) is 0 Å². The Kier molecular flexibility index (Phi) is 1.21. The lowest BCUT2D eigenvalue weighted by Crippen LogP contribution is -2.32. The predicted molar refractivity (Wildman–Crippen MR) is 52.0 cm³/mol. The summed E-state index contributed by atoms with van der Waals surface area (Å²) in [7, 11) is 0. The summed E-state index contributed by atoms with van der Waals surface area (Å²) in [6.45, 7) is 3.88. The topological polar surface area (TPSA) is 34.1 Å². The Morgan fingerprint density at radius 1 is 0.786 bits per heavy atom. The normalized spacial score (nSPS) is 17.0. The van der Waals surface area contributed by atoms with Crippen LogP contribution in [-0.2, 0) is 12.8 Å². The van der Waals surface area contributed by atoms with Crippen molar-refractivity contribution in [2.45, 2.75) is 26.7 Å². The van der Waals surface area contributed by atoms with Crippen molar-refractivity contribution in [3.63, 3.8) is 0 Å². The summed E-state index contributed by atoms with van der Waals surface area (Å²) in [5.74, 6) is 0.477. The minimum absolute atomic E-state index is 0.239. The molecule has 0 saturated heterocycles. The molecule has 0 radical (unpaired) electrons. The van der Waals surface area contributed by atoms with Crippen molar-refractivity contribution in [3.8, 4) is 0 Å². The lowest BCUT2D eigenvalue weighted by Gasteiger charge is -2.32. The molecule has 0 N–H and O–H groups in total. The van der Waals surface area contributed by atoms with E-state index in [2.05, 4.69) is 0 Å². The zero-order valence-electron chi connectivity index (χ0n) is 8.23. The van der Waals surface area contributed by atoms with Crippen LogP contribution in [0.1, 0.15) is 43.0 Å². The van der Waals surface area contributed by atoms with Crippen LogP contribution in [0.15, 0.2) is 0 Å². The van der Waals surface area contributed by atoms with Crippen molar-refractivity contribution in [2.75, 3.05) is 0 Å². The van der Waals surface area contributed by atoms with Crippen molar-refractivity contribution < 1.29 is 9.59 Å². The maximum absolute atomic E-state index is 11.4. The Balaban J connectivity index is 2.41. The summed E-state index contributed by atoms with van der Waals surface area (Å²) in [5.41, 5.74) is 6.12. The Morgan fingerprint density at radius 2 is 1.14 bits per heavy atom. The van der Waals surface area contributed by atoms with Gasteiger partial charge < -0.3 is 0 Å². The van der Waals surface area contributed by atoms with E-state index in [1.807, 2.05) is 13.8 Å². The van der Waals surface area contributed by atoms with E-state index in [0.29, 0.717) is 12.8 Å². The number of hydrogen-bond donors (Lipinski definition) is 0. The molecule has 0 atom stereocenters. The molecule has 2 aliphatic rings. The summed E-state index contributed by atoms with van der Waals surface area (Å²) in [5, 5.41) is 0. The summed E-state index contributed by atoms with van der Waals surface area (Å²) >= 11 is 0. The van der Waals surface area contributed by atoms with Crippen LogP contribution in [0.25, 0.3) is 0 Å². The molecule has 1 aromatic rings. The van der Waals surface area contributed by atoms with Gasteiger partial charge in [-0.1, -0.05) is 0 Å². The van der Waals surface area contributed by atoms with E-state index in [0.717, 1.165) is 33.4 Å². The minimum atomic E-state index is 0.239. The van der Waals surface area contributed by atoms with Crippen molar-refractivity contribution in [2.24, 2.45) is 0 Å². The highest BCUT2D eigenvalue weighted by molar-refractivity contribution is 6.15. The summed E-state index contributed by atoms with van der Waals surface area (Å²) < 4.78 is 0. The quantitative estimate of drug-likeness (QED) is 0.619. The van der Waals surface area contributed by atoms with E-state index in [-0.39, 0.29) is 11.6 Å². The third kappa shape index (κ3) is 0.649. The number of Topliss-reactive ketones (excluding diaryl/α,β-unsaturated/α-hetero) is 2. The molecule has 0 aliphatic heterocycles. The molecule has 1 aromatic carbocycles. The molecule has 0 unspecified atom stereocenters. The SMILES string of the molecule is Cc1c(C)c2c(c3c1C(=O)C3)CC2=O. The van der Waals surface area contributed by atoms with Gasteiger partial charge in [0, 0.05) is 24.0 Å². The van der Waals surface area contributed by atoms with Crippen LogP contribution in [0, 0.1) is 13.8 Å². The average Bonchev–Trinajstić information content (AvgIpc) is 2.08. The lowest BCUT2D eigenvalue weighted by molar-refractivity contribution is 0.0939. The van der Waals surface area contributed by atoms with E-state index in [1.165, 1.54) is 0 Å². The molecule has 0 fully saturated rings. The third-order valence-corrected chi connectivity index (χ3v) is 3.51. The smallest absolute Gasteiger partial charge is 0.167 e. The Labute approximate surface area is 81.9 Å². The van der Waals surface area contributed by atoms with Gasteiger partial charge in [-0.05, 0) is 36.1 Å². The number of carbonyl (C=O) groups excluding carboxylic acids is 2. The van der Waals surface area contributed by atoms with Gasteiger partial charge in [0.15, 0.2) is 11.6 Å². The Bertz CT molecular complexity index is 446. The van der Waals surface area contributed by atoms with E-state index in [4.69, 9.17) is 0 Å². The first-order chi connectivity index (χ1) is 6.61. The van der Waals surface area contributed by atoms with Gasteiger partial charge >= 0.3 is 0 Å². The molecule has 0 bridgehead atoms. The highest BCUT2D eigenvalue weighted by Crippen LogP contribution is 2.40. The summed E-state index contributed by atoms with van der Waals surface area (Å²) in [6, 6.07) is 0. The van der Waals surface area contributed by atoms with Gasteiger partial charge in [-0.3, -0.25) is 9.59 Å². The molecule has 0 amide bonds. The zero-order chi connectivity index (χ0) is 10.0. The van der Waals surface area contributed by atoms with Crippen LogP contribution in [0.4, 0.5) is 0 Å². The highest BCUT2D eigenvalue weighted by Gasteiger charge is 2.38. The van der Waals surface area contributed by atoms with Gasteiger partial charge in [0.25, 0.3) is 0 Å². The fourth-order valence-electron chi connectivity index (χ4n) is 2.56. The van der Waals surface area contributed by atoms with Gasteiger partial charge in [-0.25, -0.2) is 0 Å². The van der Waals surface area contributed by atoms with Gasteiger partial charge in [-0.15, -0.1) is 0 Å². The fourth-order valence-corrected chi connectivity index (χ4v) is 2.56. The second-order valence-corrected chi connectivity index (χ2v) is 4.16. The second-order valence-electron chi connectivity index (χ2n) is 4.16. The molecular formula is C12H10O2. The summed E-state index contributed by atoms with van der Waals surface area (Å²) in [4.78, 5) is 22.8. The van der Waals surface area contributed by atoms with Crippen molar-refractivity contribution in [1.82, 2.24) is 0 Å². The molecule has 3 rings (SSSR count). The lowest BCUT2D eigenvalue weighted by atomic mass is 9.69. The predicted octanol–water partition coefficient (Wildman–Crippen LogP) is 1.78. The first-order valence-electron chi connectivity index (χ1n) is 4.82. The van der Waals surface area contributed by atoms with Gasteiger partial charge in [0.05, 0.1) is 0 Å². The first-order valence-corrected chi connectivity index (χ1v) is 4.82. The molecular weight excluding hydrogens is 176 g/mol. The van der Waals surface area contributed by atoms with Crippen LogP contribution < -0.4 is 0 Å². The van der Waals surface area contributed by atoms with Crippen LogP contribution in [0.3, 0.4) is 0 Å². The Hall–Kier alpha value is -1.44. The van der Waals surface area contributed by atoms with Crippen LogP contribution in [-0.4, -0.2) is 11.6 Å². The molecule has 0 aromatic heterocycles. The van der Waals surface area contributed by atoms with Crippen molar-refractivity contribution in [1.29, 1.82) is 0 Å². The Morgan fingerprint density at radius 3 is 1.43 bits per heavy atom. The van der Waals surface area contributed by atoms with Crippen LogP contribution >= 0.6 is 0 Å². The number of carbonyl (C=O) groups is 2. The van der Waals surface area contributed by atoms with Gasteiger partial charge in [-0.2, -0.15) is 0 Å². The van der Waals surface area contributed by atoms with E-state index < -0.39 is 0 Å². The minimum Gasteiger partial charge on any atom is -0.294 e. The van der Waals surface area contributed by atoms with Crippen LogP contribution in [0.5, 0.6) is 0 Å². The average molecular weight is 186 g/mol. The number of hydrogen-bond acceptors (Lipinski definition) is 2. The van der Waals surface area contributed by atoms with Gasteiger partial charge in [0.1, 0.15) is 0 Å². The molecule has 2 nitrogen and oxygen atoms in total. The molecule has 70 valence electrons. The second kappa shape index (κ2) is 2.14.